The van der Waals surface area contributed by atoms with Gasteiger partial charge in [0, 0.05) is 7.11 Å². The number of hydrogen-bond donors (Lipinski definition) is 2. The lowest BCUT2D eigenvalue weighted by Crippen LogP contribution is -2.60. The zero-order chi connectivity index (χ0) is 22.2. The number of ether oxygens (including phenoxy) is 6. The van der Waals surface area contributed by atoms with Crippen LogP contribution >= 0.6 is 0 Å². The lowest BCUT2D eigenvalue weighted by molar-refractivity contribution is -0.311. The van der Waals surface area contributed by atoms with Crippen LogP contribution in [0.4, 0.5) is 0 Å². The van der Waals surface area contributed by atoms with Gasteiger partial charge in [-0.05, 0) is 35.4 Å². The average Bonchev–Trinajstić information content (AvgIpc) is 2.82. The summed E-state index contributed by atoms with van der Waals surface area (Å²) < 4.78 is 33.4. The van der Waals surface area contributed by atoms with E-state index in [9.17, 15) is 10.2 Å². The zero-order valence-corrected chi connectivity index (χ0v) is 18.0. The molecule has 0 unspecified atom stereocenters. The highest BCUT2D eigenvalue weighted by atomic mass is 16.7. The van der Waals surface area contributed by atoms with E-state index >= 15 is 0 Å². The van der Waals surface area contributed by atoms with E-state index in [0.29, 0.717) is 0 Å². The third-order valence-corrected chi connectivity index (χ3v) is 5.23. The minimum atomic E-state index is -1.09. The van der Waals surface area contributed by atoms with E-state index in [4.69, 9.17) is 28.4 Å². The van der Waals surface area contributed by atoms with Crippen molar-refractivity contribution in [3.63, 3.8) is 0 Å². The molecular weight excluding hydrogens is 404 g/mol. The van der Waals surface area contributed by atoms with Gasteiger partial charge in [-0.15, -0.1) is 0 Å². The van der Waals surface area contributed by atoms with Crippen molar-refractivity contribution in [2.75, 3.05) is 27.9 Å². The van der Waals surface area contributed by atoms with Crippen molar-refractivity contribution >= 4 is 0 Å². The second-order valence-electron chi connectivity index (χ2n) is 7.20. The molecule has 0 spiro atoms. The topological polar surface area (TPSA) is 95.8 Å². The van der Waals surface area contributed by atoms with Gasteiger partial charge >= 0.3 is 0 Å². The fraction of sp³-hybridized carbons (Fsp3) is 0.478. The largest absolute Gasteiger partial charge is 0.497 e. The summed E-state index contributed by atoms with van der Waals surface area (Å²) in [6, 6.07) is 14.9. The lowest BCUT2D eigenvalue weighted by Gasteiger charge is -2.43. The van der Waals surface area contributed by atoms with Gasteiger partial charge in [0.05, 0.1) is 34.0 Å². The quantitative estimate of drug-likeness (QED) is 0.586. The van der Waals surface area contributed by atoms with Gasteiger partial charge in [0.25, 0.3) is 0 Å². The van der Waals surface area contributed by atoms with E-state index in [1.54, 1.807) is 14.2 Å². The van der Waals surface area contributed by atoms with E-state index in [1.165, 1.54) is 7.11 Å². The van der Waals surface area contributed by atoms with Crippen LogP contribution in [0.25, 0.3) is 0 Å². The van der Waals surface area contributed by atoms with Gasteiger partial charge in [0.2, 0.25) is 0 Å². The summed E-state index contributed by atoms with van der Waals surface area (Å²) in [5.74, 6) is 1.49. The molecule has 2 N–H and O–H groups in total. The molecule has 1 aliphatic rings. The number of hydrogen-bond acceptors (Lipinski definition) is 8. The smallest absolute Gasteiger partial charge is 0.186 e. The first kappa shape index (κ1) is 23.5. The van der Waals surface area contributed by atoms with Crippen molar-refractivity contribution in [3.05, 3.63) is 59.7 Å². The Labute approximate surface area is 182 Å². The Balaban J connectivity index is 1.72. The highest BCUT2D eigenvalue weighted by molar-refractivity contribution is 5.27. The fourth-order valence-corrected chi connectivity index (χ4v) is 3.46. The summed E-state index contributed by atoms with van der Waals surface area (Å²) in [6.45, 7) is 0.187. The van der Waals surface area contributed by atoms with Crippen LogP contribution in [0.1, 0.15) is 11.1 Å². The first-order valence-electron chi connectivity index (χ1n) is 10.1. The normalized spacial score (nSPS) is 25.9. The molecular formula is C23H30O8. The number of methoxy groups -OCH3 is 3. The van der Waals surface area contributed by atoms with Crippen LogP contribution < -0.4 is 9.47 Å². The lowest BCUT2D eigenvalue weighted by atomic mass is 9.98. The summed E-state index contributed by atoms with van der Waals surface area (Å²) in [7, 11) is 4.64. The van der Waals surface area contributed by atoms with Crippen LogP contribution in [-0.2, 0) is 32.2 Å². The van der Waals surface area contributed by atoms with Crippen molar-refractivity contribution < 1.29 is 38.6 Å². The zero-order valence-electron chi connectivity index (χ0n) is 18.0. The Kier molecular flexibility index (Phi) is 8.65. The Morgan fingerprint density at radius 1 is 0.774 bits per heavy atom. The van der Waals surface area contributed by atoms with Crippen LogP contribution in [0, 0.1) is 0 Å². The van der Waals surface area contributed by atoms with E-state index in [0.717, 1.165) is 22.6 Å². The van der Waals surface area contributed by atoms with Crippen molar-refractivity contribution in [1.82, 2.24) is 0 Å². The Morgan fingerprint density at radius 3 is 1.68 bits per heavy atom. The maximum Gasteiger partial charge on any atom is 0.186 e. The summed E-state index contributed by atoms with van der Waals surface area (Å²) >= 11 is 0. The molecule has 1 fully saturated rings. The Hall–Kier alpha value is -2.20. The molecule has 1 aliphatic heterocycles. The summed E-state index contributed by atoms with van der Waals surface area (Å²) in [6.07, 6.45) is -4.21. The molecule has 0 aromatic heterocycles. The SMILES string of the molecule is COc1ccc(CO[C@@H]2[C@@H](O)[C@@H](OC)O[C@H](CO)[C@H]2OCc2ccc(OC)cc2)cc1. The molecule has 0 radical (unpaired) electrons. The first-order valence-corrected chi connectivity index (χ1v) is 10.1. The van der Waals surface area contributed by atoms with E-state index in [-0.39, 0.29) is 19.8 Å². The second kappa shape index (κ2) is 11.4. The van der Waals surface area contributed by atoms with E-state index < -0.39 is 30.7 Å². The van der Waals surface area contributed by atoms with Crippen molar-refractivity contribution in [1.29, 1.82) is 0 Å². The minimum absolute atomic E-state index is 0.239. The van der Waals surface area contributed by atoms with Crippen LogP contribution in [0.2, 0.25) is 0 Å². The molecule has 1 heterocycles. The second-order valence-corrected chi connectivity index (χ2v) is 7.20. The van der Waals surface area contributed by atoms with Crippen molar-refractivity contribution in [2.45, 2.75) is 43.9 Å². The molecule has 1 saturated heterocycles. The third-order valence-electron chi connectivity index (χ3n) is 5.23. The first-order chi connectivity index (χ1) is 15.1. The Morgan fingerprint density at radius 2 is 1.26 bits per heavy atom. The standard InChI is InChI=1S/C23H30O8/c1-26-17-8-4-15(5-9-17)13-29-21-19(12-24)31-23(28-3)20(25)22(21)30-14-16-6-10-18(27-2)11-7-16/h4-11,19-25H,12-14H2,1-3H3/t19-,20-,21-,22-,23+/m1/s1. The molecule has 0 saturated carbocycles. The van der Waals surface area contributed by atoms with Gasteiger partial charge in [-0.25, -0.2) is 0 Å². The minimum Gasteiger partial charge on any atom is -0.497 e. The average molecular weight is 434 g/mol. The monoisotopic (exact) mass is 434 g/mol. The summed E-state index contributed by atoms with van der Waals surface area (Å²) in [5.41, 5.74) is 1.82. The van der Waals surface area contributed by atoms with Crippen LogP contribution in [0.5, 0.6) is 11.5 Å². The molecule has 3 rings (SSSR count). The predicted octanol–water partition coefficient (Wildman–Crippen LogP) is 1.90. The van der Waals surface area contributed by atoms with Gasteiger partial charge in [-0.3, -0.25) is 0 Å². The number of benzene rings is 2. The molecule has 0 amide bonds. The van der Waals surface area contributed by atoms with Crippen LogP contribution in [0.15, 0.2) is 48.5 Å². The van der Waals surface area contributed by atoms with Gasteiger partial charge in [-0.1, -0.05) is 24.3 Å². The molecule has 0 aliphatic carbocycles. The maximum atomic E-state index is 10.8. The molecule has 2 aromatic rings. The molecule has 8 nitrogen and oxygen atoms in total. The summed E-state index contributed by atoms with van der Waals surface area (Å²) in [5, 5.41) is 20.6. The van der Waals surface area contributed by atoms with Crippen LogP contribution in [-0.4, -0.2) is 68.9 Å². The van der Waals surface area contributed by atoms with Gasteiger partial charge in [0.1, 0.15) is 35.9 Å². The number of aliphatic hydroxyl groups excluding tert-OH is 2. The third kappa shape index (κ3) is 5.94. The Bertz CT molecular complexity index is 779. The van der Waals surface area contributed by atoms with Gasteiger partial charge in [-0.2, -0.15) is 0 Å². The van der Waals surface area contributed by atoms with Crippen LogP contribution in [0.3, 0.4) is 0 Å². The molecule has 170 valence electrons. The fourth-order valence-electron chi connectivity index (χ4n) is 3.46. The maximum absolute atomic E-state index is 10.8. The molecule has 5 atom stereocenters. The number of rotatable bonds is 10. The summed E-state index contributed by atoms with van der Waals surface area (Å²) in [4.78, 5) is 0. The van der Waals surface area contributed by atoms with Gasteiger partial charge < -0.3 is 38.6 Å². The van der Waals surface area contributed by atoms with Crippen molar-refractivity contribution in [3.8, 4) is 11.5 Å². The van der Waals surface area contributed by atoms with Crippen molar-refractivity contribution in [2.24, 2.45) is 0 Å². The van der Waals surface area contributed by atoms with E-state index in [2.05, 4.69) is 0 Å². The molecule has 31 heavy (non-hydrogen) atoms. The molecule has 0 bridgehead atoms. The molecule has 2 aromatic carbocycles. The van der Waals surface area contributed by atoms with E-state index in [1.807, 2.05) is 48.5 Å². The predicted molar refractivity (Wildman–Crippen MR) is 112 cm³/mol. The molecule has 8 heteroatoms. The highest BCUT2D eigenvalue weighted by Crippen LogP contribution is 2.28. The number of aliphatic hydroxyl groups is 2. The highest BCUT2D eigenvalue weighted by Gasteiger charge is 2.46. The van der Waals surface area contributed by atoms with Gasteiger partial charge in [0.15, 0.2) is 6.29 Å².